The monoisotopic (exact) mass is 617 g/mol. The summed E-state index contributed by atoms with van der Waals surface area (Å²) in [7, 11) is 0. The predicted molar refractivity (Wildman–Crippen MR) is 170 cm³/mol. The van der Waals surface area contributed by atoms with Gasteiger partial charge in [0.2, 0.25) is 0 Å². The van der Waals surface area contributed by atoms with E-state index in [2.05, 4.69) is 28.1 Å². The van der Waals surface area contributed by atoms with Crippen molar-refractivity contribution in [3.05, 3.63) is 101 Å². The summed E-state index contributed by atoms with van der Waals surface area (Å²) in [5.74, 6) is 0.140. The highest BCUT2D eigenvalue weighted by Crippen LogP contribution is 2.28. The largest absolute Gasteiger partial charge is 0.369 e. The van der Waals surface area contributed by atoms with Gasteiger partial charge in [-0.25, -0.2) is 9.37 Å². The van der Waals surface area contributed by atoms with Crippen LogP contribution in [0.3, 0.4) is 0 Å². The minimum Gasteiger partial charge on any atom is -0.369 e. The number of carbonyl (C=O) groups is 1. The van der Waals surface area contributed by atoms with Crippen molar-refractivity contribution in [2.45, 2.75) is 20.3 Å². The molecule has 0 bridgehead atoms. The van der Waals surface area contributed by atoms with Crippen LogP contribution in [0.1, 0.15) is 28.2 Å². The van der Waals surface area contributed by atoms with E-state index in [0.29, 0.717) is 23.8 Å². The van der Waals surface area contributed by atoms with Crippen LogP contribution >= 0.6 is 36.4 Å². The first-order chi connectivity index (χ1) is 18.9. The number of nitrogens with one attached hydrogen (secondary N) is 1. The van der Waals surface area contributed by atoms with Crippen LogP contribution in [0.5, 0.6) is 0 Å². The summed E-state index contributed by atoms with van der Waals surface area (Å²) in [6.07, 6.45) is 0.852. The average Bonchev–Trinajstić information content (AvgIpc) is 3.31. The SMILES string of the molecule is Cc1c(Cl)cccc1N1CCN(CCCNC(=O)c2nc(-c3ccccc3)n(-c3ccc(F)cc3)c2C)CC1.Cl.Cl. The summed E-state index contributed by atoms with van der Waals surface area (Å²) in [5.41, 5.74) is 5.07. The number of nitrogens with zero attached hydrogens (tertiary/aromatic N) is 4. The summed E-state index contributed by atoms with van der Waals surface area (Å²) >= 11 is 6.31. The van der Waals surface area contributed by atoms with Crippen LogP contribution in [0.4, 0.5) is 10.1 Å². The zero-order valence-corrected chi connectivity index (χ0v) is 25.5. The minimum atomic E-state index is -0.309. The first-order valence-corrected chi connectivity index (χ1v) is 13.7. The van der Waals surface area contributed by atoms with Gasteiger partial charge in [0.1, 0.15) is 17.3 Å². The average molecular weight is 619 g/mol. The molecule has 5 rings (SSSR count). The van der Waals surface area contributed by atoms with Gasteiger partial charge in [-0.1, -0.05) is 48.0 Å². The molecule has 218 valence electrons. The third kappa shape index (κ3) is 7.41. The van der Waals surface area contributed by atoms with Crippen molar-refractivity contribution in [2.75, 3.05) is 44.2 Å². The lowest BCUT2D eigenvalue weighted by molar-refractivity contribution is 0.0946. The molecule has 0 unspecified atom stereocenters. The molecule has 1 fully saturated rings. The van der Waals surface area contributed by atoms with Crippen molar-refractivity contribution in [1.82, 2.24) is 19.8 Å². The highest BCUT2D eigenvalue weighted by molar-refractivity contribution is 6.31. The lowest BCUT2D eigenvalue weighted by atomic mass is 10.1. The van der Waals surface area contributed by atoms with Crippen LogP contribution in [-0.2, 0) is 0 Å². The Balaban J connectivity index is 0.00000231. The Kier molecular flexibility index (Phi) is 11.6. The summed E-state index contributed by atoms with van der Waals surface area (Å²) in [4.78, 5) is 22.7. The topological polar surface area (TPSA) is 53.4 Å². The van der Waals surface area contributed by atoms with Gasteiger partial charge in [-0.05, 0) is 68.8 Å². The number of hydrogen-bond donors (Lipinski definition) is 1. The van der Waals surface area contributed by atoms with E-state index in [4.69, 9.17) is 16.6 Å². The standard InChI is InChI=1S/C31H33ClFN5O.2ClH/c1-22-27(32)10-6-11-28(22)37-20-18-36(19-21-37)17-7-16-34-31(39)29-23(2)38(26-14-12-25(33)13-15-26)30(35-29)24-8-4-3-5-9-24;;/h3-6,8-15H,7,16-21H2,1-2H3,(H,34,39);2*1H. The van der Waals surface area contributed by atoms with Gasteiger partial charge in [0.15, 0.2) is 0 Å². The Morgan fingerprint density at radius 2 is 1.61 bits per heavy atom. The number of hydrogen-bond acceptors (Lipinski definition) is 4. The normalized spacial score (nSPS) is 13.3. The lowest BCUT2D eigenvalue weighted by Gasteiger charge is -2.37. The van der Waals surface area contributed by atoms with Crippen LogP contribution in [0, 0.1) is 19.7 Å². The van der Waals surface area contributed by atoms with Crippen LogP contribution in [0.15, 0.2) is 72.8 Å². The Bertz CT molecular complexity index is 1440. The van der Waals surface area contributed by atoms with Crippen LogP contribution in [0.25, 0.3) is 17.1 Å². The molecule has 1 amide bonds. The van der Waals surface area contributed by atoms with Gasteiger partial charge in [0.05, 0.1) is 5.69 Å². The number of aromatic nitrogens is 2. The van der Waals surface area contributed by atoms with Gasteiger partial charge in [0, 0.05) is 54.7 Å². The summed E-state index contributed by atoms with van der Waals surface area (Å²) < 4.78 is 15.5. The Hall–Kier alpha value is -3.10. The van der Waals surface area contributed by atoms with Crippen molar-refractivity contribution in [2.24, 2.45) is 0 Å². The third-order valence-electron chi connectivity index (χ3n) is 7.33. The molecule has 0 spiro atoms. The molecule has 1 aromatic heterocycles. The van der Waals surface area contributed by atoms with E-state index >= 15 is 0 Å². The molecule has 4 aromatic rings. The first-order valence-electron chi connectivity index (χ1n) is 13.3. The zero-order valence-electron chi connectivity index (χ0n) is 23.1. The highest BCUT2D eigenvalue weighted by atomic mass is 35.5. The van der Waals surface area contributed by atoms with E-state index in [1.165, 1.54) is 17.8 Å². The second-order valence-electron chi connectivity index (χ2n) is 9.87. The van der Waals surface area contributed by atoms with Crippen molar-refractivity contribution < 1.29 is 9.18 Å². The second kappa shape index (κ2) is 14.7. The fraction of sp³-hybridized carbons (Fsp3) is 0.290. The molecule has 1 aliphatic rings. The third-order valence-corrected chi connectivity index (χ3v) is 7.74. The number of piperazine rings is 1. The van der Waals surface area contributed by atoms with Gasteiger partial charge < -0.3 is 10.2 Å². The smallest absolute Gasteiger partial charge is 0.271 e. The Morgan fingerprint density at radius 1 is 0.927 bits per heavy atom. The maximum Gasteiger partial charge on any atom is 0.271 e. The summed E-state index contributed by atoms with van der Waals surface area (Å²) in [6.45, 7) is 9.28. The fourth-order valence-corrected chi connectivity index (χ4v) is 5.31. The molecular formula is C31H35Cl3FN5O. The molecule has 41 heavy (non-hydrogen) atoms. The maximum atomic E-state index is 13.6. The maximum absolute atomic E-state index is 13.6. The zero-order chi connectivity index (χ0) is 27.4. The molecule has 1 aliphatic heterocycles. The van der Waals surface area contributed by atoms with Gasteiger partial charge in [-0.15, -0.1) is 24.8 Å². The first kappa shape index (κ1) is 32.4. The molecule has 1 N–H and O–H groups in total. The van der Waals surface area contributed by atoms with E-state index in [0.717, 1.165) is 61.0 Å². The van der Waals surface area contributed by atoms with Crippen molar-refractivity contribution in [3.8, 4) is 17.1 Å². The van der Waals surface area contributed by atoms with E-state index in [9.17, 15) is 9.18 Å². The molecule has 0 radical (unpaired) electrons. The van der Waals surface area contributed by atoms with Gasteiger partial charge in [0.25, 0.3) is 5.91 Å². The molecule has 6 nitrogen and oxygen atoms in total. The van der Waals surface area contributed by atoms with E-state index < -0.39 is 0 Å². The molecule has 2 heterocycles. The number of amides is 1. The number of rotatable bonds is 8. The second-order valence-corrected chi connectivity index (χ2v) is 10.3. The van der Waals surface area contributed by atoms with Gasteiger partial charge >= 0.3 is 0 Å². The molecule has 0 atom stereocenters. The molecule has 3 aromatic carbocycles. The number of benzene rings is 3. The van der Waals surface area contributed by atoms with Crippen molar-refractivity contribution >= 4 is 48.0 Å². The molecule has 10 heteroatoms. The number of imidazole rings is 1. The number of halogens is 4. The number of anilines is 1. The Labute approximate surface area is 258 Å². The summed E-state index contributed by atoms with van der Waals surface area (Å²) in [6, 6.07) is 22.0. The van der Waals surface area contributed by atoms with Crippen LogP contribution in [-0.4, -0.2) is 59.6 Å². The molecular weight excluding hydrogens is 584 g/mol. The van der Waals surface area contributed by atoms with E-state index in [-0.39, 0.29) is 36.5 Å². The molecule has 0 aliphatic carbocycles. The molecule has 1 saturated heterocycles. The van der Waals surface area contributed by atoms with E-state index in [1.807, 2.05) is 54.0 Å². The van der Waals surface area contributed by atoms with Crippen LogP contribution < -0.4 is 10.2 Å². The predicted octanol–water partition coefficient (Wildman–Crippen LogP) is 6.73. The van der Waals surface area contributed by atoms with Crippen molar-refractivity contribution in [1.29, 1.82) is 0 Å². The minimum absolute atomic E-state index is 0. The highest BCUT2D eigenvalue weighted by Gasteiger charge is 2.22. The Morgan fingerprint density at radius 3 is 2.29 bits per heavy atom. The van der Waals surface area contributed by atoms with Crippen molar-refractivity contribution in [3.63, 3.8) is 0 Å². The van der Waals surface area contributed by atoms with Gasteiger partial charge in [-0.3, -0.25) is 14.3 Å². The van der Waals surface area contributed by atoms with E-state index in [1.54, 1.807) is 12.1 Å². The van der Waals surface area contributed by atoms with Gasteiger partial charge in [-0.2, -0.15) is 0 Å². The lowest BCUT2D eigenvalue weighted by Crippen LogP contribution is -2.47. The van der Waals surface area contributed by atoms with Crippen LogP contribution in [0.2, 0.25) is 5.02 Å². The number of carbonyl (C=O) groups excluding carboxylic acids is 1. The molecule has 0 saturated carbocycles. The fourth-order valence-electron chi connectivity index (χ4n) is 5.14. The summed E-state index contributed by atoms with van der Waals surface area (Å²) in [5, 5.41) is 3.86. The quantitative estimate of drug-likeness (QED) is 0.223.